The summed E-state index contributed by atoms with van der Waals surface area (Å²) < 4.78 is 7.75. The number of H-pyrrole nitrogens is 1. The number of para-hydroxylation sites is 1. The Kier molecular flexibility index (Phi) is 4.33. The minimum absolute atomic E-state index is 0.0151. The summed E-state index contributed by atoms with van der Waals surface area (Å²) in [5.41, 5.74) is 0.642. The van der Waals surface area contributed by atoms with Gasteiger partial charge < -0.3 is 9.72 Å². The molecule has 7 nitrogen and oxygen atoms in total. The zero-order valence-corrected chi connectivity index (χ0v) is 14.1. The van der Waals surface area contributed by atoms with Crippen LogP contribution in [0.2, 0.25) is 0 Å². The lowest BCUT2D eigenvalue weighted by Crippen LogP contribution is -2.45. The first-order valence-corrected chi connectivity index (χ1v) is 8.53. The SMILES string of the molecule is C[C@H](c1nc2ccccc2c(=O)[nH]1)N1CCO[C@@H](Cn2cccn2)C1. The average Bonchev–Trinajstić information content (AvgIpc) is 3.14. The molecule has 25 heavy (non-hydrogen) atoms. The van der Waals surface area contributed by atoms with E-state index in [0.717, 1.165) is 25.2 Å². The fraction of sp³-hybridized carbons (Fsp3) is 0.389. The number of aromatic amines is 1. The van der Waals surface area contributed by atoms with E-state index < -0.39 is 0 Å². The van der Waals surface area contributed by atoms with Gasteiger partial charge in [-0.2, -0.15) is 5.10 Å². The summed E-state index contributed by atoms with van der Waals surface area (Å²) in [5.74, 6) is 0.698. The summed E-state index contributed by atoms with van der Waals surface area (Å²) in [6.07, 6.45) is 3.78. The van der Waals surface area contributed by atoms with E-state index in [4.69, 9.17) is 4.74 Å². The summed E-state index contributed by atoms with van der Waals surface area (Å²) in [5, 5.41) is 4.86. The van der Waals surface area contributed by atoms with Crippen molar-refractivity contribution in [3.05, 3.63) is 58.9 Å². The minimum atomic E-state index is -0.0891. The molecule has 7 heteroatoms. The number of fused-ring (bicyclic) bond motifs is 1. The van der Waals surface area contributed by atoms with Crippen molar-refractivity contribution < 1.29 is 4.74 Å². The molecule has 4 rings (SSSR count). The van der Waals surface area contributed by atoms with E-state index in [0.29, 0.717) is 17.8 Å². The van der Waals surface area contributed by atoms with Crippen molar-refractivity contribution in [1.29, 1.82) is 0 Å². The minimum Gasteiger partial charge on any atom is -0.374 e. The smallest absolute Gasteiger partial charge is 0.258 e. The molecule has 1 fully saturated rings. The van der Waals surface area contributed by atoms with Crippen LogP contribution in [0.15, 0.2) is 47.5 Å². The van der Waals surface area contributed by atoms with Crippen LogP contribution in [0.25, 0.3) is 10.9 Å². The molecular formula is C18H21N5O2. The first kappa shape index (κ1) is 16.0. The van der Waals surface area contributed by atoms with Gasteiger partial charge in [-0.25, -0.2) is 4.98 Å². The number of benzene rings is 1. The van der Waals surface area contributed by atoms with Crippen LogP contribution in [0.3, 0.4) is 0 Å². The van der Waals surface area contributed by atoms with Crippen LogP contribution in [-0.4, -0.2) is 50.4 Å². The van der Waals surface area contributed by atoms with Crippen LogP contribution >= 0.6 is 0 Å². The van der Waals surface area contributed by atoms with E-state index in [2.05, 4.69) is 26.9 Å². The molecule has 2 atom stereocenters. The normalized spacial score (nSPS) is 20.0. The molecule has 0 saturated carbocycles. The molecule has 0 aliphatic carbocycles. The predicted molar refractivity (Wildman–Crippen MR) is 94.3 cm³/mol. The average molecular weight is 339 g/mol. The largest absolute Gasteiger partial charge is 0.374 e. The highest BCUT2D eigenvalue weighted by Crippen LogP contribution is 2.21. The lowest BCUT2D eigenvalue weighted by atomic mass is 10.2. The molecule has 1 N–H and O–H groups in total. The second-order valence-electron chi connectivity index (χ2n) is 6.36. The molecule has 3 aromatic rings. The van der Waals surface area contributed by atoms with Crippen molar-refractivity contribution in [1.82, 2.24) is 24.6 Å². The Labute approximate surface area is 145 Å². The number of morpholine rings is 1. The van der Waals surface area contributed by atoms with Crippen molar-refractivity contribution in [2.45, 2.75) is 25.6 Å². The van der Waals surface area contributed by atoms with Gasteiger partial charge in [-0.1, -0.05) is 12.1 Å². The topological polar surface area (TPSA) is 76.0 Å². The maximum absolute atomic E-state index is 12.3. The number of aromatic nitrogens is 4. The van der Waals surface area contributed by atoms with Gasteiger partial charge in [-0.3, -0.25) is 14.4 Å². The zero-order chi connectivity index (χ0) is 17.2. The van der Waals surface area contributed by atoms with Crippen LogP contribution in [-0.2, 0) is 11.3 Å². The van der Waals surface area contributed by atoms with Crippen molar-refractivity contribution in [3.63, 3.8) is 0 Å². The van der Waals surface area contributed by atoms with Gasteiger partial charge in [-0.15, -0.1) is 0 Å². The third kappa shape index (κ3) is 3.33. The van der Waals surface area contributed by atoms with Crippen LogP contribution in [0.4, 0.5) is 0 Å². The molecule has 0 spiro atoms. The molecule has 1 aliphatic heterocycles. The number of hydrogen-bond acceptors (Lipinski definition) is 5. The van der Waals surface area contributed by atoms with Gasteiger partial charge in [0.25, 0.3) is 5.56 Å². The lowest BCUT2D eigenvalue weighted by Gasteiger charge is -2.36. The first-order chi connectivity index (χ1) is 12.2. The Morgan fingerprint density at radius 1 is 1.36 bits per heavy atom. The van der Waals surface area contributed by atoms with Gasteiger partial charge >= 0.3 is 0 Å². The van der Waals surface area contributed by atoms with Crippen LogP contribution in [0, 0.1) is 0 Å². The van der Waals surface area contributed by atoms with Crippen LogP contribution < -0.4 is 5.56 Å². The van der Waals surface area contributed by atoms with Crippen molar-refractivity contribution in [3.8, 4) is 0 Å². The molecule has 0 unspecified atom stereocenters. The molecule has 130 valence electrons. The Hall–Kier alpha value is -2.51. The third-order valence-corrected chi connectivity index (χ3v) is 4.69. The van der Waals surface area contributed by atoms with Gasteiger partial charge in [0.15, 0.2) is 0 Å². The van der Waals surface area contributed by atoms with E-state index in [9.17, 15) is 4.79 Å². The van der Waals surface area contributed by atoms with Gasteiger partial charge in [0.2, 0.25) is 0 Å². The highest BCUT2D eigenvalue weighted by atomic mass is 16.5. The lowest BCUT2D eigenvalue weighted by molar-refractivity contribution is -0.0506. The van der Waals surface area contributed by atoms with E-state index in [1.165, 1.54) is 0 Å². The first-order valence-electron chi connectivity index (χ1n) is 8.53. The Bertz CT molecular complexity index is 905. The Morgan fingerprint density at radius 3 is 3.08 bits per heavy atom. The second-order valence-corrected chi connectivity index (χ2v) is 6.36. The van der Waals surface area contributed by atoms with Crippen molar-refractivity contribution >= 4 is 10.9 Å². The molecule has 1 aliphatic rings. The van der Waals surface area contributed by atoms with Crippen molar-refractivity contribution in [2.24, 2.45) is 0 Å². The molecule has 0 bridgehead atoms. The van der Waals surface area contributed by atoms with Gasteiger partial charge in [-0.05, 0) is 25.1 Å². The summed E-state index contributed by atoms with van der Waals surface area (Å²) >= 11 is 0. The molecule has 2 aromatic heterocycles. The highest BCUT2D eigenvalue weighted by molar-refractivity contribution is 5.77. The summed E-state index contributed by atoms with van der Waals surface area (Å²) in [6.45, 7) is 5.04. The molecule has 0 radical (unpaired) electrons. The second kappa shape index (κ2) is 6.78. The highest BCUT2D eigenvalue weighted by Gasteiger charge is 2.26. The maximum Gasteiger partial charge on any atom is 0.258 e. The Balaban J connectivity index is 1.53. The van der Waals surface area contributed by atoms with E-state index >= 15 is 0 Å². The number of rotatable bonds is 4. The summed E-state index contributed by atoms with van der Waals surface area (Å²) in [4.78, 5) is 22.2. The number of nitrogens with zero attached hydrogens (tertiary/aromatic N) is 4. The third-order valence-electron chi connectivity index (χ3n) is 4.69. The molecule has 0 amide bonds. The van der Waals surface area contributed by atoms with Gasteiger partial charge in [0, 0.05) is 25.5 Å². The van der Waals surface area contributed by atoms with E-state index in [-0.39, 0.29) is 17.7 Å². The molecule has 1 aromatic carbocycles. The predicted octanol–water partition coefficient (Wildman–Crippen LogP) is 1.58. The molecule has 1 saturated heterocycles. The monoisotopic (exact) mass is 339 g/mol. The molecule has 3 heterocycles. The quantitative estimate of drug-likeness (QED) is 0.781. The summed E-state index contributed by atoms with van der Waals surface area (Å²) in [7, 11) is 0. The van der Waals surface area contributed by atoms with Crippen LogP contribution in [0.1, 0.15) is 18.8 Å². The number of hydrogen-bond donors (Lipinski definition) is 1. The van der Waals surface area contributed by atoms with E-state index in [1.807, 2.05) is 35.1 Å². The standard InChI is InChI=1S/C18H21N5O2/c1-13(17-20-16-6-3-2-5-15(16)18(24)21-17)22-9-10-25-14(11-22)12-23-8-4-7-19-23/h2-8,13-14H,9-12H2,1H3,(H,20,21,24)/t13-,14-/m1/s1. The fourth-order valence-corrected chi connectivity index (χ4v) is 3.30. The number of ether oxygens (including phenoxy) is 1. The zero-order valence-electron chi connectivity index (χ0n) is 14.1. The number of nitrogens with one attached hydrogen (secondary N) is 1. The van der Waals surface area contributed by atoms with E-state index in [1.54, 1.807) is 12.3 Å². The molecular weight excluding hydrogens is 318 g/mol. The van der Waals surface area contributed by atoms with Crippen molar-refractivity contribution in [2.75, 3.05) is 19.7 Å². The van der Waals surface area contributed by atoms with Gasteiger partial charge in [0.1, 0.15) is 5.82 Å². The van der Waals surface area contributed by atoms with Crippen LogP contribution in [0.5, 0.6) is 0 Å². The fourth-order valence-electron chi connectivity index (χ4n) is 3.30. The Morgan fingerprint density at radius 2 is 2.24 bits per heavy atom. The summed E-state index contributed by atoms with van der Waals surface area (Å²) in [6, 6.07) is 9.35. The maximum atomic E-state index is 12.3. The van der Waals surface area contributed by atoms with Gasteiger partial charge in [0.05, 0.1) is 36.2 Å².